The minimum Gasteiger partial charge on any atom is -0.367 e. The monoisotopic (exact) mass is 265 g/mol. The van der Waals surface area contributed by atoms with E-state index in [1.165, 1.54) is 0 Å². The maximum absolute atomic E-state index is 12.3. The summed E-state index contributed by atoms with van der Waals surface area (Å²) in [5.41, 5.74) is 5.40. The van der Waals surface area contributed by atoms with Gasteiger partial charge in [-0.1, -0.05) is 0 Å². The summed E-state index contributed by atoms with van der Waals surface area (Å²) in [6, 6.07) is -1.00. The molecule has 1 aliphatic carbocycles. The van der Waals surface area contributed by atoms with E-state index in [2.05, 4.69) is 4.74 Å². The highest BCUT2D eigenvalue weighted by molar-refractivity contribution is 4.86. The van der Waals surface area contributed by atoms with Crippen LogP contribution in [0.4, 0.5) is 26.3 Å². The molecule has 0 aromatic heterocycles. The van der Waals surface area contributed by atoms with Crippen LogP contribution >= 0.6 is 0 Å². The van der Waals surface area contributed by atoms with Gasteiger partial charge in [-0.3, -0.25) is 0 Å². The average molecular weight is 265 g/mol. The van der Waals surface area contributed by atoms with Crippen molar-refractivity contribution < 1.29 is 31.1 Å². The van der Waals surface area contributed by atoms with Crippen molar-refractivity contribution in [3.63, 3.8) is 0 Å². The normalized spacial score (nSPS) is 31.6. The van der Waals surface area contributed by atoms with E-state index < -0.39 is 37.0 Å². The summed E-state index contributed by atoms with van der Waals surface area (Å²) in [6.07, 6.45) is -10.5. The zero-order valence-corrected chi connectivity index (χ0v) is 8.81. The molecule has 2 N–H and O–H groups in total. The Labute approximate surface area is 94.1 Å². The van der Waals surface area contributed by atoms with E-state index in [9.17, 15) is 26.3 Å². The van der Waals surface area contributed by atoms with Crippen LogP contribution in [0.5, 0.6) is 0 Å². The van der Waals surface area contributed by atoms with E-state index in [0.717, 1.165) is 0 Å². The summed E-state index contributed by atoms with van der Waals surface area (Å²) in [6.45, 7) is -1.47. The highest BCUT2D eigenvalue weighted by atomic mass is 19.4. The molecule has 0 bridgehead atoms. The van der Waals surface area contributed by atoms with Crippen LogP contribution in [0, 0.1) is 5.92 Å². The fourth-order valence-corrected chi connectivity index (χ4v) is 1.88. The first-order valence-electron chi connectivity index (χ1n) is 5.10. The zero-order valence-electron chi connectivity index (χ0n) is 8.81. The molecule has 0 radical (unpaired) electrons. The van der Waals surface area contributed by atoms with Crippen molar-refractivity contribution in [1.82, 2.24) is 0 Å². The lowest BCUT2D eigenvalue weighted by atomic mass is 9.84. The fourth-order valence-electron chi connectivity index (χ4n) is 1.88. The molecule has 0 saturated heterocycles. The van der Waals surface area contributed by atoms with Crippen LogP contribution in [-0.4, -0.2) is 31.1 Å². The molecule has 3 atom stereocenters. The first-order valence-corrected chi connectivity index (χ1v) is 5.10. The molecule has 0 aromatic rings. The molecule has 0 spiro atoms. The second-order valence-electron chi connectivity index (χ2n) is 4.18. The lowest BCUT2D eigenvalue weighted by molar-refractivity contribution is -0.208. The van der Waals surface area contributed by atoms with E-state index >= 15 is 0 Å². The molecule has 0 amide bonds. The van der Waals surface area contributed by atoms with Gasteiger partial charge in [-0.25, -0.2) is 0 Å². The van der Waals surface area contributed by atoms with Gasteiger partial charge in [0.1, 0.15) is 6.61 Å². The van der Waals surface area contributed by atoms with Gasteiger partial charge < -0.3 is 10.5 Å². The summed E-state index contributed by atoms with van der Waals surface area (Å²) in [5, 5.41) is 0. The van der Waals surface area contributed by atoms with Gasteiger partial charge in [0.15, 0.2) is 0 Å². The predicted molar refractivity (Wildman–Crippen MR) is 47.2 cm³/mol. The molecule has 1 saturated carbocycles. The summed E-state index contributed by atoms with van der Waals surface area (Å²) in [5.74, 6) is -1.54. The number of ether oxygens (including phenoxy) is 1. The Balaban J connectivity index is 2.43. The van der Waals surface area contributed by atoms with Crippen LogP contribution in [0.2, 0.25) is 0 Å². The second-order valence-corrected chi connectivity index (χ2v) is 4.18. The zero-order chi connectivity index (χ0) is 13.3. The average Bonchev–Trinajstić information content (AvgIpc) is 2.12. The molecule has 0 aliphatic heterocycles. The Morgan fingerprint density at radius 1 is 1.06 bits per heavy atom. The molecule has 17 heavy (non-hydrogen) atoms. The van der Waals surface area contributed by atoms with Crippen LogP contribution in [0.3, 0.4) is 0 Å². The van der Waals surface area contributed by atoms with Gasteiger partial charge in [-0.2, -0.15) is 26.3 Å². The van der Waals surface area contributed by atoms with Crippen molar-refractivity contribution in [3.05, 3.63) is 0 Å². The molecule has 2 nitrogen and oxygen atoms in total. The highest BCUT2D eigenvalue weighted by Crippen LogP contribution is 2.38. The van der Waals surface area contributed by atoms with Crippen molar-refractivity contribution in [2.75, 3.05) is 6.61 Å². The number of hydrogen-bond donors (Lipinski definition) is 1. The molecular weight excluding hydrogens is 252 g/mol. The standard InChI is InChI=1S/C9H13F6NO/c10-8(11,12)4-17-7-2-1-5(3-6(7)16)9(13,14)15/h5-7H,1-4,16H2. The van der Waals surface area contributed by atoms with Gasteiger partial charge in [0.25, 0.3) is 0 Å². The smallest absolute Gasteiger partial charge is 0.367 e. The Morgan fingerprint density at radius 2 is 1.65 bits per heavy atom. The number of hydrogen-bond acceptors (Lipinski definition) is 2. The molecule has 0 aromatic carbocycles. The SMILES string of the molecule is NC1CC(C(F)(F)F)CCC1OCC(F)(F)F. The van der Waals surface area contributed by atoms with Crippen molar-refractivity contribution in [2.24, 2.45) is 11.7 Å². The van der Waals surface area contributed by atoms with Crippen molar-refractivity contribution in [3.8, 4) is 0 Å². The topological polar surface area (TPSA) is 35.2 Å². The molecule has 102 valence electrons. The molecule has 1 fully saturated rings. The number of nitrogens with two attached hydrogens (primary N) is 1. The Bertz CT molecular complexity index is 251. The Kier molecular flexibility index (Phi) is 4.29. The minimum absolute atomic E-state index is 0.0958. The third kappa shape index (κ3) is 4.71. The van der Waals surface area contributed by atoms with Crippen LogP contribution in [0.25, 0.3) is 0 Å². The van der Waals surface area contributed by atoms with Crippen LogP contribution in [0.15, 0.2) is 0 Å². The minimum atomic E-state index is -4.49. The first kappa shape index (κ1) is 14.6. The van der Waals surface area contributed by atoms with Crippen LogP contribution in [-0.2, 0) is 4.74 Å². The number of alkyl halides is 6. The quantitative estimate of drug-likeness (QED) is 0.779. The van der Waals surface area contributed by atoms with Gasteiger partial charge in [-0.15, -0.1) is 0 Å². The van der Waals surface area contributed by atoms with Gasteiger partial charge in [0.05, 0.1) is 12.0 Å². The molecule has 1 rings (SSSR count). The molecule has 0 heterocycles. The van der Waals surface area contributed by atoms with Gasteiger partial charge in [-0.05, 0) is 19.3 Å². The van der Waals surface area contributed by atoms with Crippen molar-refractivity contribution >= 4 is 0 Å². The van der Waals surface area contributed by atoms with Crippen LogP contribution in [0.1, 0.15) is 19.3 Å². The third-order valence-corrected chi connectivity index (χ3v) is 2.76. The second kappa shape index (κ2) is 5.01. The van der Waals surface area contributed by atoms with Gasteiger partial charge in [0.2, 0.25) is 0 Å². The fraction of sp³-hybridized carbons (Fsp3) is 1.00. The van der Waals surface area contributed by atoms with E-state index in [4.69, 9.17) is 5.73 Å². The summed E-state index contributed by atoms with van der Waals surface area (Å²) in [7, 11) is 0. The Morgan fingerprint density at radius 3 is 2.06 bits per heavy atom. The lowest BCUT2D eigenvalue weighted by Gasteiger charge is -2.34. The van der Waals surface area contributed by atoms with Crippen LogP contribution < -0.4 is 5.73 Å². The predicted octanol–water partition coefficient (Wildman–Crippen LogP) is 2.62. The largest absolute Gasteiger partial charge is 0.411 e. The lowest BCUT2D eigenvalue weighted by Crippen LogP contribution is -2.46. The summed E-state index contributed by atoms with van der Waals surface area (Å²) in [4.78, 5) is 0. The first-order chi connectivity index (χ1) is 7.59. The van der Waals surface area contributed by atoms with E-state index in [0.29, 0.717) is 0 Å². The van der Waals surface area contributed by atoms with Crippen molar-refractivity contribution in [2.45, 2.75) is 43.8 Å². The number of rotatable bonds is 2. The van der Waals surface area contributed by atoms with Gasteiger partial charge >= 0.3 is 12.4 Å². The van der Waals surface area contributed by atoms with E-state index in [1.54, 1.807) is 0 Å². The third-order valence-electron chi connectivity index (χ3n) is 2.76. The molecular formula is C9H13F6NO. The molecule has 8 heteroatoms. The van der Waals surface area contributed by atoms with Gasteiger partial charge in [0, 0.05) is 6.04 Å². The van der Waals surface area contributed by atoms with E-state index in [1.807, 2.05) is 0 Å². The molecule has 3 unspecified atom stereocenters. The number of halogens is 6. The summed E-state index contributed by atoms with van der Waals surface area (Å²) < 4.78 is 77.1. The van der Waals surface area contributed by atoms with Crippen molar-refractivity contribution in [1.29, 1.82) is 0 Å². The highest BCUT2D eigenvalue weighted by Gasteiger charge is 2.44. The van der Waals surface area contributed by atoms with E-state index in [-0.39, 0.29) is 19.3 Å². The summed E-state index contributed by atoms with van der Waals surface area (Å²) >= 11 is 0. The molecule has 1 aliphatic rings. The maximum Gasteiger partial charge on any atom is 0.411 e. The Hall–Kier alpha value is -0.500. The maximum atomic E-state index is 12.3.